The van der Waals surface area contributed by atoms with Crippen LogP contribution in [0.3, 0.4) is 0 Å². The van der Waals surface area contributed by atoms with E-state index in [2.05, 4.69) is 0 Å². The summed E-state index contributed by atoms with van der Waals surface area (Å²) in [5, 5.41) is 1.10. The lowest BCUT2D eigenvalue weighted by molar-refractivity contribution is -0.110. The molecule has 2 aromatic rings. The highest BCUT2D eigenvalue weighted by atomic mass is 16.3. The summed E-state index contributed by atoms with van der Waals surface area (Å²) in [5.74, 6) is 0.0469. The van der Waals surface area contributed by atoms with Crippen LogP contribution in [-0.2, 0) is 11.2 Å². The quantitative estimate of drug-likeness (QED) is 0.693. The van der Waals surface area contributed by atoms with Crippen molar-refractivity contribution < 1.29 is 9.21 Å². The van der Waals surface area contributed by atoms with Crippen LogP contribution in [0.25, 0.3) is 11.0 Å². The SMILES string of the molecule is CC(C=O)Cc1cccc2ccoc12. The third kappa shape index (κ3) is 1.55. The van der Waals surface area contributed by atoms with Gasteiger partial charge in [-0.3, -0.25) is 0 Å². The highest BCUT2D eigenvalue weighted by molar-refractivity contribution is 5.80. The van der Waals surface area contributed by atoms with Gasteiger partial charge in [0.2, 0.25) is 0 Å². The Hall–Kier alpha value is -1.57. The van der Waals surface area contributed by atoms with E-state index in [0.29, 0.717) is 0 Å². The minimum absolute atomic E-state index is 0.0469. The van der Waals surface area contributed by atoms with E-state index in [0.717, 1.165) is 29.2 Å². The largest absolute Gasteiger partial charge is 0.464 e. The van der Waals surface area contributed by atoms with E-state index in [9.17, 15) is 4.79 Å². The van der Waals surface area contributed by atoms with Crippen molar-refractivity contribution in [2.24, 2.45) is 5.92 Å². The van der Waals surface area contributed by atoms with Crippen molar-refractivity contribution in [1.29, 1.82) is 0 Å². The molecule has 0 radical (unpaired) electrons. The zero-order valence-corrected chi connectivity index (χ0v) is 8.07. The Morgan fingerprint density at radius 2 is 2.29 bits per heavy atom. The van der Waals surface area contributed by atoms with Crippen molar-refractivity contribution in [2.45, 2.75) is 13.3 Å². The predicted octanol–water partition coefficient (Wildman–Crippen LogP) is 2.81. The molecule has 0 spiro atoms. The van der Waals surface area contributed by atoms with Crippen molar-refractivity contribution in [1.82, 2.24) is 0 Å². The first-order valence-electron chi connectivity index (χ1n) is 4.71. The molecular formula is C12H12O2. The molecular weight excluding hydrogens is 176 g/mol. The minimum Gasteiger partial charge on any atom is -0.464 e. The van der Waals surface area contributed by atoms with E-state index in [4.69, 9.17) is 4.42 Å². The summed E-state index contributed by atoms with van der Waals surface area (Å²) in [6.45, 7) is 1.91. The summed E-state index contributed by atoms with van der Waals surface area (Å²) in [6, 6.07) is 7.94. The van der Waals surface area contributed by atoms with Crippen molar-refractivity contribution >= 4 is 17.3 Å². The van der Waals surface area contributed by atoms with E-state index < -0.39 is 0 Å². The molecule has 0 saturated carbocycles. The van der Waals surface area contributed by atoms with Crippen LogP contribution in [0.1, 0.15) is 12.5 Å². The number of benzene rings is 1. The van der Waals surface area contributed by atoms with Gasteiger partial charge < -0.3 is 9.21 Å². The predicted molar refractivity (Wildman–Crippen MR) is 55.1 cm³/mol. The van der Waals surface area contributed by atoms with E-state index in [1.54, 1.807) is 6.26 Å². The lowest BCUT2D eigenvalue weighted by Crippen LogP contribution is -2.00. The fraction of sp³-hybridized carbons (Fsp3) is 0.250. The lowest BCUT2D eigenvalue weighted by Gasteiger charge is -2.03. The molecule has 0 N–H and O–H groups in total. The van der Waals surface area contributed by atoms with Crippen LogP contribution in [0.2, 0.25) is 0 Å². The first kappa shape index (κ1) is 9.00. The standard InChI is InChI=1S/C12H12O2/c1-9(8-13)7-11-4-2-3-10-5-6-14-12(10)11/h2-6,8-9H,7H2,1H3. The van der Waals surface area contributed by atoms with Crippen LogP contribution in [0, 0.1) is 5.92 Å². The van der Waals surface area contributed by atoms with E-state index >= 15 is 0 Å². The maximum Gasteiger partial charge on any atom is 0.137 e. The number of aldehydes is 1. The molecule has 1 aromatic carbocycles. The highest BCUT2D eigenvalue weighted by Gasteiger charge is 2.07. The highest BCUT2D eigenvalue weighted by Crippen LogP contribution is 2.21. The second kappa shape index (κ2) is 3.66. The maximum absolute atomic E-state index is 10.6. The third-order valence-corrected chi connectivity index (χ3v) is 2.33. The number of furan rings is 1. The smallest absolute Gasteiger partial charge is 0.137 e. The molecule has 14 heavy (non-hydrogen) atoms. The van der Waals surface area contributed by atoms with Gasteiger partial charge in [0, 0.05) is 11.3 Å². The number of rotatable bonds is 3. The summed E-state index contributed by atoms with van der Waals surface area (Å²) < 4.78 is 5.38. The molecule has 1 unspecified atom stereocenters. The molecule has 0 bridgehead atoms. The van der Waals surface area contributed by atoms with Crippen LogP contribution in [0.15, 0.2) is 34.9 Å². The van der Waals surface area contributed by atoms with E-state index in [-0.39, 0.29) is 5.92 Å². The van der Waals surface area contributed by atoms with Gasteiger partial charge in [-0.1, -0.05) is 25.1 Å². The van der Waals surface area contributed by atoms with Crippen LogP contribution >= 0.6 is 0 Å². The number of hydrogen-bond acceptors (Lipinski definition) is 2. The number of fused-ring (bicyclic) bond motifs is 1. The summed E-state index contributed by atoms with van der Waals surface area (Å²) in [4.78, 5) is 10.6. The van der Waals surface area contributed by atoms with Gasteiger partial charge in [0.15, 0.2) is 0 Å². The molecule has 1 aromatic heterocycles. The Kier molecular flexibility index (Phi) is 2.35. The summed E-state index contributed by atoms with van der Waals surface area (Å²) in [7, 11) is 0. The van der Waals surface area contributed by atoms with E-state index in [1.807, 2.05) is 31.2 Å². The third-order valence-electron chi connectivity index (χ3n) is 2.33. The molecule has 2 nitrogen and oxygen atoms in total. The van der Waals surface area contributed by atoms with Crippen molar-refractivity contribution in [3.63, 3.8) is 0 Å². The van der Waals surface area contributed by atoms with Crippen LogP contribution in [0.4, 0.5) is 0 Å². The first-order chi connectivity index (χ1) is 6.81. The monoisotopic (exact) mass is 188 g/mol. The van der Waals surface area contributed by atoms with Crippen LogP contribution in [0.5, 0.6) is 0 Å². The summed E-state index contributed by atoms with van der Waals surface area (Å²) >= 11 is 0. The van der Waals surface area contributed by atoms with Crippen molar-refractivity contribution in [2.75, 3.05) is 0 Å². The maximum atomic E-state index is 10.6. The van der Waals surface area contributed by atoms with Gasteiger partial charge in [0.05, 0.1) is 6.26 Å². The van der Waals surface area contributed by atoms with Crippen LogP contribution in [-0.4, -0.2) is 6.29 Å². The molecule has 0 aliphatic carbocycles. The second-order valence-electron chi connectivity index (χ2n) is 3.57. The Morgan fingerprint density at radius 3 is 3.07 bits per heavy atom. The number of carbonyl (C=O) groups is 1. The van der Waals surface area contributed by atoms with Gasteiger partial charge in [-0.05, 0) is 18.1 Å². The molecule has 0 amide bonds. The topological polar surface area (TPSA) is 30.2 Å². The Labute approximate surface area is 82.5 Å². The Morgan fingerprint density at radius 1 is 1.43 bits per heavy atom. The Bertz CT molecular complexity index is 442. The second-order valence-corrected chi connectivity index (χ2v) is 3.57. The normalized spacial score (nSPS) is 12.9. The average Bonchev–Trinajstić information content (AvgIpc) is 2.66. The number of para-hydroxylation sites is 1. The summed E-state index contributed by atoms with van der Waals surface area (Å²) in [5.41, 5.74) is 2.01. The summed E-state index contributed by atoms with van der Waals surface area (Å²) in [6.07, 6.45) is 3.40. The number of hydrogen-bond donors (Lipinski definition) is 0. The van der Waals surface area contributed by atoms with Gasteiger partial charge in [-0.25, -0.2) is 0 Å². The van der Waals surface area contributed by atoms with Gasteiger partial charge >= 0.3 is 0 Å². The number of carbonyl (C=O) groups excluding carboxylic acids is 1. The molecule has 0 aliphatic heterocycles. The zero-order chi connectivity index (χ0) is 9.97. The minimum atomic E-state index is 0.0469. The van der Waals surface area contributed by atoms with E-state index in [1.165, 1.54) is 0 Å². The lowest BCUT2D eigenvalue weighted by atomic mass is 10.0. The molecule has 2 rings (SSSR count). The first-order valence-corrected chi connectivity index (χ1v) is 4.71. The molecule has 2 heteroatoms. The van der Waals surface area contributed by atoms with Gasteiger partial charge in [0.25, 0.3) is 0 Å². The van der Waals surface area contributed by atoms with Gasteiger partial charge in [-0.2, -0.15) is 0 Å². The van der Waals surface area contributed by atoms with Crippen molar-refractivity contribution in [3.8, 4) is 0 Å². The molecule has 0 aliphatic rings. The molecule has 1 heterocycles. The molecule has 72 valence electrons. The van der Waals surface area contributed by atoms with Gasteiger partial charge in [0.1, 0.15) is 11.9 Å². The van der Waals surface area contributed by atoms with Crippen LogP contribution < -0.4 is 0 Å². The molecule has 1 atom stereocenters. The Balaban J connectivity index is 2.41. The zero-order valence-electron chi connectivity index (χ0n) is 8.07. The molecule has 0 saturated heterocycles. The fourth-order valence-corrected chi connectivity index (χ4v) is 1.61. The molecule has 0 fully saturated rings. The van der Waals surface area contributed by atoms with Gasteiger partial charge in [-0.15, -0.1) is 0 Å². The average molecular weight is 188 g/mol. The fourth-order valence-electron chi connectivity index (χ4n) is 1.61. The van der Waals surface area contributed by atoms with Crippen molar-refractivity contribution in [3.05, 3.63) is 36.1 Å².